The summed E-state index contributed by atoms with van der Waals surface area (Å²) in [6, 6.07) is 12.2. The smallest absolute Gasteiger partial charge is 0.244 e. The number of amides is 1. The fraction of sp³-hybridized carbons (Fsp3) is 0.417. The van der Waals surface area contributed by atoms with Gasteiger partial charge in [0.25, 0.3) is 0 Å². The summed E-state index contributed by atoms with van der Waals surface area (Å²) in [7, 11) is -3.86. The van der Waals surface area contributed by atoms with E-state index in [1.807, 2.05) is 25.1 Å². The van der Waals surface area contributed by atoms with E-state index in [-0.39, 0.29) is 12.6 Å². The number of sulfonamides is 1. The molecule has 1 saturated carbocycles. The number of benzene rings is 2. The maximum Gasteiger partial charge on any atom is 0.244 e. The summed E-state index contributed by atoms with van der Waals surface area (Å²) in [5.74, 6) is -0.411. The Bertz CT molecular complexity index is 1090. The van der Waals surface area contributed by atoms with Crippen molar-refractivity contribution in [2.45, 2.75) is 63.8 Å². The lowest BCUT2D eigenvalue weighted by molar-refractivity contribution is -0.116. The Labute approximate surface area is 184 Å². The Morgan fingerprint density at radius 3 is 2.35 bits per heavy atom. The van der Waals surface area contributed by atoms with Crippen LogP contribution in [0.2, 0.25) is 0 Å². The van der Waals surface area contributed by atoms with Gasteiger partial charge in [0.2, 0.25) is 15.9 Å². The molecule has 0 aromatic heterocycles. The minimum absolute atomic E-state index is 0.199. The van der Waals surface area contributed by atoms with Gasteiger partial charge in [-0.2, -0.15) is 9.57 Å². The maximum atomic E-state index is 13.8. The Morgan fingerprint density at radius 2 is 1.74 bits per heavy atom. The van der Waals surface area contributed by atoms with Gasteiger partial charge < -0.3 is 5.32 Å². The minimum Gasteiger partial charge on any atom is -0.325 e. The molecule has 0 heterocycles. The zero-order valence-corrected chi connectivity index (χ0v) is 19.1. The van der Waals surface area contributed by atoms with Crippen LogP contribution in [0.5, 0.6) is 0 Å². The van der Waals surface area contributed by atoms with Crippen LogP contribution in [0.3, 0.4) is 0 Å². The number of nitrogens with one attached hydrogen (secondary N) is 1. The molecule has 164 valence electrons. The second-order valence-corrected chi connectivity index (χ2v) is 10.1. The minimum atomic E-state index is -3.86. The largest absolute Gasteiger partial charge is 0.325 e. The van der Waals surface area contributed by atoms with E-state index in [0.29, 0.717) is 27.3 Å². The van der Waals surface area contributed by atoms with Crippen LogP contribution in [0.25, 0.3) is 0 Å². The number of anilines is 1. The SMILES string of the molecule is Cc1cc(C)c(S(=O)(=O)N(CC(=O)Nc2cccc(C#N)c2)C2CCCCC2)c(C)c1. The van der Waals surface area contributed by atoms with Crippen molar-refractivity contribution in [3.05, 3.63) is 58.7 Å². The third kappa shape index (κ3) is 5.33. The molecule has 7 heteroatoms. The predicted octanol–water partition coefficient (Wildman–Crippen LogP) is 4.45. The van der Waals surface area contributed by atoms with Gasteiger partial charge in [0.1, 0.15) is 0 Å². The molecule has 1 fully saturated rings. The van der Waals surface area contributed by atoms with Gasteiger partial charge in [-0.1, -0.05) is 43.0 Å². The van der Waals surface area contributed by atoms with Crippen molar-refractivity contribution in [2.24, 2.45) is 0 Å². The van der Waals surface area contributed by atoms with Gasteiger partial charge in [0, 0.05) is 11.7 Å². The van der Waals surface area contributed by atoms with Crippen molar-refractivity contribution in [1.82, 2.24) is 4.31 Å². The molecule has 1 aliphatic carbocycles. The molecule has 0 atom stereocenters. The molecule has 6 nitrogen and oxygen atoms in total. The number of hydrogen-bond acceptors (Lipinski definition) is 4. The molecule has 1 aliphatic rings. The topological polar surface area (TPSA) is 90.3 Å². The van der Waals surface area contributed by atoms with Gasteiger partial charge in [0.05, 0.1) is 23.1 Å². The Kier molecular flexibility index (Phi) is 7.14. The molecule has 1 amide bonds. The molecule has 2 aromatic carbocycles. The number of rotatable bonds is 6. The quantitative estimate of drug-likeness (QED) is 0.720. The molecule has 2 aromatic rings. The van der Waals surface area contributed by atoms with E-state index < -0.39 is 15.9 Å². The van der Waals surface area contributed by atoms with Crippen LogP contribution < -0.4 is 5.32 Å². The van der Waals surface area contributed by atoms with Gasteiger partial charge in [0.15, 0.2) is 0 Å². The first-order chi connectivity index (χ1) is 14.7. The van der Waals surface area contributed by atoms with Gasteiger partial charge >= 0.3 is 0 Å². The first kappa shape index (κ1) is 23.0. The third-order valence-corrected chi connectivity index (χ3v) is 7.93. The molecule has 0 spiro atoms. The van der Waals surface area contributed by atoms with Crippen molar-refractivity contribution in [3.63, 3.8) is 0 Å². The standard InChI is InChI=1S/C24H29N3O3S/c1-17-12-18(2)24(19(3)13-17)31(29,30)27(22-10-5-4-6-11-22)16-23(28)26-21-9-7-8-20(14-21)15-25/h7-9,12-14,22H,4-6,10-11,16H2,1-3H3,(H,26,28). The lowest BCUT2D eigenvalue weighted by atomic mass is 9.95. The number of hydrogen-bond donors (Lipinski definition) is 1. The van der Waals surface area contributed by atoms with E-state index in [2.05, 4.69) is 5.32 Å². The highest BCUT2D eigenvalue weighted by Crippen LogP contribution is 2.31. The van der Waals surface area contributed by atoms with Gasteiger partial charge in [-0.3, -0.25) is 4.79 Å². The average molecular weight is 440 g/mol. The molecule has 3 rings (SSSR count). The lowest BCUT2D eigenvalue weighted by Gasteiger charge is -2.33. The summed E-state index contributed by atoms with van der Waals surface area (Å²) in [5.41, 5.74) is 3.31. The van der Waals surface area contributed by atoms with Crippen molar-refractivity contribution in [3.8, 4) is 6.07 Å². The number of carbonyl (C=O) groups is 1. The van der Waals surface area contributed by atoms with Crippen molar-refractivity contribution in [1.29, 1.82) is 5.26 Å². The zero-order chi connectivity index (χ0) is 22.6. The van der Waals surface area contributed by atoms with Crippen molar-refractivity contribution in [2.75, 3.05) is 11.9 Å². The van der Waals surface area contributed by atoms with Crippen LogP contribution in [0.4, 0.5) is 5.69 Å². The van der Waals surface area contributed by atoms with Crippen molar-refractivity contribution < 1.29 is 13.2 Å². The van der Waals surface area contributed by atoms with Gasteiger partial charge in [-0.15, -0.1) is 0 Å². The molecule has 1 N–H and O–H groups in total. The normalized spacial score (nSPS) is 14.9. The highest BCUT2D eigenvalue weighted by Gasteiger charge is 2.35. The van der Waals surface area contributed by atoms with Gasteiger partial charge in [-0.25, -0.2) is 8.42 Å². The molecule has 0 aliphatic heterocycles. The van der Waals surface area contributed by atoms with E-state index >= 15 is 0 Å². The molecule has 0 unspecified atom stereocenters. The summed E-state index contributed by atoms with van der Waals surface area (Å²) in [5, 5.41) is 11.8. The van der Waals surface area contributed by atoms with E-state index in [1.165, 1.54) is 4.31 Å². The Hall–Kier alpha value is -2.69. The van der Waals surface area contributed by atoms with E-state index in [9.17, 15) is 13.2 Å². The fourth-order valence-corrected chi connectivity index (χ4v) is 6.54. The maximum absolute atomic E-state index is 13.8. The highest BCUT2D eigenvalue weighted by molar-refractivity contribution is 7.89. The molecular formula is C24H29N3O3S. The zero-order valence-electron chi connectivity index (χ0n) is 18.3. The third-order valence-electron chi connectivity index (χ3n) is 5.73. The number of carbonyl (C=O) groups excluding carboxylic acids is 1. The molecular weight excluding hydrogens is 410 g/mol. The number of aryl methyl sites for hydroxylation is 3. The number of nitrogens with zero attached hydrogens (tertiary/aromatic N) is 2. The lowest BCUT2D eigenvalue weighted by Crippen LogP contribution is -2.46. The Morgan fingerprint density at radius 1 is 1.10 bits per heavy atom. The molecule has 0 saturated heterocycles. The van der Waals surface area contributed by atoms with E-state index in [0.717, 1.165) is 37.7 Å². The van der Waals surface area contributed by atoms with Crippen LogP contribution >= 0.6 is 0 Å². The highest BCUT2D eigenvalue weighted by atomic mass is 32.2. The van der Waals surface area contributed by atoms with E-state index in [4.69, 9.17) is 5.26 Å². The van der Waals surface area contributed by atoms with Gasteiger partial charge in [-0.05, 0) is 62.9 Å². The van der Waals surface area contributed by atoms with Crippen LogP contribution in [0.15, 0.2) is 41.3 Å². The second kappa shape index (κ2) is 9.63. The average Bonchev–Trinajstić information content (AvgIpc) is 2.71. The summed E-state index contributed by atoms with van der Waals surface area (Å²) in [6.07, 6.45) is 4.49. The second-order valence-electron chi connectivity index (χ2n) is 8.31. The predicted molar refractivity (Wildman–Crippen MR) is 121 cm³/mol. The fourth-order valence-electron chi connectivity index (χ4n) is 4.48. The summed E-state index contributed by atoms with van der Waals surface area (Å²) < 4.78 is 28.9. The molecule has 31 heavy (non-hydrogen) atoms. The van der Waals surface area contributed by atoms with Crippen LogP contribution in [-0.4, -0.2) is 31.2 Å². The Balaban J connectivity index is 1.93. The number of nitriles is 1. The monoisotopic (exact) mass is 439 g/mol. The summed E-state index contributed by atoms with van der Waals surface area (Å²) in [4.78, 5) is 13.2. The molecule has 0 radical (unpaired) electrons. The molecule has 0 bridgehead atoms. The first-order valence-electron chi connectivity index (χ1n) is 10.6. The summed E-state index contributed by atoms with van der Waals surface area (Å²) >= 11 is 0. The van der Waals surface area contributed by atoms with Crippen molar-refractivity contribution >= 4 is 21.6 Å². The summed E-state index contributed by atoms with van der Waals surface area (Å²) in [6.45, 7) is 5.30. The van der Waals surface area contributed by atoms with E-state index in [1.54, 1.807) is 38.1 Å². The van der Waals surface area contributed by atoms with Crippen LogP contribution in [-0.2, 0) is 14.8 Å². The first-order valence-corrected chi connectivity index (χ1v) is 12.1. The van der Waals surface area contributed by atoms with Crippen LogP contribution in [0, 0.1) is 32.1 Å². The van der Waals surface area contributed by atoms with Crippen LogP contribution in [0.1, 0.15) is 54.4 Å².